The second-order valence-electron chi connectivity index (χ2n) is 6.45. The van der Waals surface area contributed by atoms with E-state index in [1.165, 1.54) is 6.20 Å². The van der Waals surface area contributed by atoms with Gasteiger partial charge >= 0.3 is 5.16 Å². The van der Waals surface area contributed by atoms with Crippen molar-refractivity contribution in [3.8, 4) is 11.5 Å². The summed E-state index contributed by atoms with van der Waals surface area (Å²) in [6.45, 7) is 13.6. The Labute approximate surface area is 143 Å². The van der Waals surface area contributed by atoms with Crippen LogP contribution in [-0.4, -0.2) is 28.9 Å². The standard InChI is InChI=1S/C16H25ClN2OSSi/c1-11(2)22(12(3)4,13(5)6)9-8-15-14(17)10-18-16(19-15)21(7)20/h10-13H,1-7H3. The van der Waals surface area contributed by atoms with Crippen LogP contribution in [0.3, 0.4) is 0 Å². The molecule has 6 heteroatoms. The fourth-order valence-electron chi connectivity index (χ4n) is 3.18. The zero-order valence-corrected chi connectivity index (χ0v) is 17.0. The molecule has 22 heavy (non-hydrogen) atoms. The van der Waals surface area contributed by atoms with E-state index in [4.69, 9.17) is 11.6 Å². The minimum atomic E-state index is -1.83. The van der Waals surface area contributed by atoms with Gasteiger partial charge in [-0.15, -0.1) is 5.54 Å². The molecule has 1 unspecified atom stereocenters. The van der Waals surface area contributed by atoms with E-state index in [0.29, 0.717) is 27.3 Å². The number of rotatable bonds is 4. The number of nitrogens with zero attached hydrogens (tertiary/aromatic N) is 2. The molecule has 0 saturated heterocycles. The molecule has 1 rings (SSSR count). The van der Waals surface area contributed by atoms with Crippen molar-refractivity contribution in [2.24, 2.45) is 0 Å². The summed E-state index contributed by atoms with van der Waals surface area (Å²) in [6.07, 6.45) is 3.04. The molecule has 0 spiro atoms. The second kappa shape index (κ2) is 7.83. The molecule has 0 aliphatic rings. The maximum atomic E-state index is 11.5. The van der Waals surface area contributed by atoms with E-state index < -0.39 is 19.2 Å². The molecule has 0 fully saturated rings. The topological polar surface area (TPSA) is 48.8 Å². The van der Waals surface area contributed by atoms with Crippen LogP contribution in [0.15, 0.2) is 11.4 Å². The Morgan fingerprint density at radius 1 is 1.14 bits per heavy atom. The van der Waals surface area contributed by atoms with Gasteiger partial charge in [0.25, 0.3) is 0 Å². The third kappa shape index (κ3) is 4.05. The van der Waals surface area contributed by atoms with Gasteiger partial charge in [0.1, 0.15) is 20.0 Å². The summed E-state index contributed by atoms with van der Waals surface area (Å²) in [4.78, 5) is 8.25. The predicted octanol–water partition coefficient (Wildman–Crippen LogP) is 4.44. The molecule has 3 nitrogen and oxygen atoms in total. The largest absolute Gasteiger partial charge is 0.609 e. The van der Waals surface area contributed by atoms with E-state index >= 15 is 0 Å². The Morgan fingerprint density at radius 2 is 1.64 bits per heavy atom. The Hall–Kier alpha value is -0.543. The summed E-state index contributed by atoms with van der Waals surface area (Å²) in [6, 6.07) is 0. The maximum absolute atomic E-state index is 11.5. The van der Waals surface area contributed by atoms with E-state index in [0.717, 1.165) is 0 Å². The number of aromatic nitrogens is 2. The molecular formula is C16H25ClN2OSSi. The molecule has 0 amide bonds. The first-order valence-corrected chi connectivity index (χ1v) is 11.7. The Balaban J connectivity index is 3.38. The van der Waals surface area contributed by atoms with Crippen molar-refractivity contribution in [2.45, 2.75) is 63.3 Å². The van der Waals surface area contributed by atoms with Crippen LogP contribution in [0.5, 0.6) is 0 Å². The Morgan fingerprint density at radius 3 is 2.05 bits per heavy atom. The molecule has 1 atom stereocenters. The van der Waals surface area contributed by atoms with E-state index in [1.807, 2.05) is 0 Å². The Kier molecular flexibility index (Phi) is 6.94. The van der Waals surface area contributed by atoms with Gasteiger partial charge < -0.3 is 4.55 Å². The van der Waals surface area contributed by atoms with E-state index in [2.05, 4.69) is 63.0 Å². The van der Waals surface area contributed by atoms with Gasteiger partial charge in [-0.25, -0.2) is 0 Å². The lowest BCUT2D eigenvalue weighted by Crippen LogP contribution is -2.43. The van der Waals surface area contributed by atoms with E-state index in [1.54, 1.807) is 6.26 Å². The summed E-state index contributed by atoms with van der Waals surface area (Å²) in [5.41, 5.74) is 5.68. The minimum Gasteiger partial charge on any atom is -0.609 e. The van der Waals surface area contributed by atoms with E-state index in [9.17, 15) is 4.55 Å². The number of halogens is 1. The lowest BCUT2D eigenvalue weighted by molar-refractivity contribution is 0.591. The zero-order chi connectivity index (χ0) is 17.1. The lowest BCUT2D eigenvalue weighted by atomic mass is 10.4. The predicted molar refractivity (Wildman–Crippen MR) is 97.3 cm³/mol. The van der Waals surface area contributed by atoms with Gasteiger partial charge in [-0.1, -0.05) is 59.1 Å². The van der Waals surface area contributed by atoms with Crippen LogP contribution >= 0.6 is 11.6 Å². The molecule has 0 saturated carbocycles. The van der Waals surface area contributed by atoms with Crippen LogP contribution in [0.25, 0.3) is 0 Å². The lowest BCUT2D eigenvalue weighted by Gasteiger charge is -2.38. The molecule has 1 aromatic heterocycles. The molecule has 0 N–H and O–H groups in total. The highest BCUT2D eigenvalue weighted by molar-refractivity contribution is 7.90. The fourth-order valence-corrected chi connectivity index (χ4v) is 8.94. The van der Waals surface area contributed by atoms with Crippen LogP contribution in [0.2, 0.25) is 21.6 Å². The average molecular weight is 357 g/mol. The van der Waals surface area contributed by atoms with Gasteiger partial charge in [-0.2, -0.15) is 9.97 Å². The average Bonchev–Trinajstić information content (AvgIpc) is 2.39. The molecular weight excluding hydrogens is 332 g/mol. The third-order valence-corrected chi connectivity index (χ3v) is 11.5. The van der Waals surface area contributed by atoms with Gasteiger partial charge in [-0.3, -0.25) is 0 Å². The monoisotopic (exact) mass is 356 g/mol. The van der Waals surface area contributed by atoms with Crippen molar-refractivity contribution in [2.75, 3.05) is 6.26 Å². The van der Waals surface area contributed by atoms with Crippen molar-refractivity contribution in [1.29, 1.82) is 0 Å². The van der Waals surface area contributed by atoms with Crippen LogP contribution in [0.4, 0.5) is 0 Å². The maximum Gasteiger partial charge on any atom is 0.343 e. The van der Waals surface area contributed by atoms with Crippen molar-refractivity contribution in [3.05, 3.63) is 16.9 Å². The van der Waals surface area contributed by atoms with Crippen molar-refractivity contribution >= 4 is 30.9 Å². The second-order valence-corrected chi connectivity index (χ2v) is 13.7. The summed E-state index contributed by atoms with van der Waals surface area (Å²) in [5.74, 6) is 3.19. The highest BCUT2D eigenvalue weighted by atomic mass is 35.5. The SMILES string of the molecule is CC(C)[Si](C#Cc1nc([S+](C)[O-])ncc1Cl)(C(C)C)C(C)C. The van der Waals surface area contributed by atoms with Gasteiger partial charge in [0.15, 0.2) is 0 Å². The van der Waals surface area contributed by atoms with Crippen LogP contribution in [-0.2, 0) is 11.2 Å². The highest BCUT2D eigenvalue weighted by Gasteiger charge is 2.41. The van der Waals surface area contributed by atoms with Gasteiger partial charge in [-0.05, 0) is 16.6 Å². The summed E-state index contributed by atoms with van der Waals surface area (Å²) >= 11 is 4.92. The van der Waals surface area contributed by atoms with Crippen molar-refractivity contribution in [3.63, 3.8) is 0 Å². The Bertz CT molecular complexity index is 557. The fraction of sp³-hybridized carbons (Fsp3) is 0.625. The molecule has 1 aromatic rings. The smallest absolute Gasteiger partial charge is 0.343 e. The first-order chi connectivity index (χ1) is 10.1. The molecule has 1 heterocycles. The molecule has 0 aliphatic carbocycles. The zero-order valence-electron chi connectivity index (χ0n) is 14.4. The quantitative estimate of drug-likeness (QED) is 0.347. The van der Waals surface area contributed by atoms with Crippen LogP contribution < -0.4 is 0 Å². The first-order valence-electron chi connectivity index (χ1n) is 7.52. The number of hydrogen-bond acceptors (Lipinski definition) is 3. The van der Waals surface area contributed by atoms with Crippen molar-refractivity contribution < 1.29 is 4.55 Å². The molecule has 0 aromatic carbocycles. The number of hydrogen-bond donors (Lipinski definition) is 0. The summed E-state index contributed by atoms with van der Waals surface area (Å²) in [5, 5.41) is 0.695. The minimum absolute atomic E-state index is 0.277. The molecule has 0 radical (unpaired) electrons. The van der Waals surface area contributed by atoms with E-state index in [-0.39, 0.29) is 5.16 Å². The van der Waals surface area contributed by atoms with Crippen LogP contribution in [0, 0.1) is 11.5 Å². The summed E-state index contributed by atoms with van der Waals surface area (Å²) < 4.78 is 11.5. The van der Waals surface area contributed by atoms with Gasteiger partial charge in [0.05, 0.1) is 11.2 Å². The molecule has 122 valence electrons. The van der Waals surface area contributed by atoms with Gasteiger partial charge in [0, 0.05) is 11.2 Å². The molecule has 0 aliphatic heterocycles. The molecule has 0 bridgehead atoms. The third-order valence-electron chi connectivity index (χ3n) is 4.24. The first kappa shape index (κ1) is 19.5. The van der Waals surface area contributed by atoms with Crippen molar-refractivity contribution in [1.82, 2.24) is 9.97 Å². The van der Waals surface area contributed by atoms with Gasteiger partial charge in [0.2, 0.25) is 0 Å². The normalized spacial score (nSPS) is 13.5. The van der Waals surface area contributed by atoms with Crippen LogP contribution in [0.1, 0.15) is 47.2 Å². The highest BCUT2D eigenvalue weighted by Crippen LogP contribution is 2.40. The summed E-state index contributed by atoms with van der Waals surface area (Å²) in [7, 11) is -1.83.